The molecule has 118 valence electrons. The number of rotatable bonds is 6. The minimum atomic E-state index is -1.07. The number of nitrogens with one attached hydrogen (secondary N) is 1. The topological polar surface area (TPSA) is 49.3 Å². The zero-order chi connectivity index (χ0) is 16.2. The van der Waals surface area contributed by atoms with Gasteiger partial charge in [0.25, 0.3) is 0 Å². The summed E-state index contributed by atoms with van der Waals surface area (Å²) in [5, 5.41) is 16.9. The molecule has 1 aromatic carbocycles. The van der Waals surface area contributed by atoms with Crippen LogP contribution in [0.4, 0.5) is 4.39 Å². The van der Waals surface area contributed by atoms with Crippen LogP contribution in [0.15, 0.2) is 41.1 Å². The van der Waals surface area contributed by atoms with Gasteiger partial charge >= 0.3 is 0 Å². The van der Waals surface area contributed by atoms with Crippen molar-refractivity contribution in [2.45, 2.75) is 31.8 Å². The monoisotopic (exact) mass is 321 g/mol. The second-order valence-electron chi connectivity index (χ2n) is 5.72. The minimum Gasteiger partial charge on any atom is -0.384 e. The molecule has 0 fully saturated rings. The predicted octanol–water partition coefficient (Wildman–Crippen LogP) is 3.40. The quantitative estimate of drug-likeness (QED) is 0.856. The number of benzene rings is 1. The number of aliphatic hydroxyl groups is 1. The van der Waals surface area contributed by atoms with E-state index in [2.05, 4.69) is 5.32 Å². The van der Waals surface area contributed by atoms with E-state index in [0.717, 1.165) is 11.1 Å². The summed E-state index contributed by atoms with van der Waals surface area (Å²) in [6.45, 7) is 3.77. The highest BCUT2D eigenvalue weighted by molar-refractivity contribution is 7.08. The Balaban J connectivity index is 1.86. The van der Waals surface area contributed by atoms with Gasteiger partial charge in [-0.1, -0.05) is 19.1 Å². The van der Waals surface area contributed by atoms with Crippen molar-refractivity contribution in [3.8, 4) is 0 Å². The highest BCUT2D eigenvalue weighted by atomic mass is 32.1. The van der Waals surface area contributed by atoms with Gasteiger partial charge in [0.2, 0.25) is 5.91 Å². The van der Waals surface area contributed by atoms with Crippen LogP contribution in [-0.2, 0) is 10.4 Å². The van der Waals surface area contributed by atoms with Crippen LogP contribution in [0.25, 0.3) is 0 Å². The Morgan fingerprint density at radius 3 is 2.64 bits per heavy atom. The minimum absolute atomic E-state index is 0.00769. The van der Waals surface area contributed by atoms with E-state index in [0.29, 0.717) is 6.42 Å². The predicted molar refractivity (Wildman–Crippen MR) is 86.3 cm³/mol. The Kier molecular flexibility index (Phi) is 5.32. The molecule has 2 atom stereocenters. The highest BCUT2D eigenvalue weighted by Gasteiger charge is 2.24. The van der Waals surface area contributed by atoms with Gasteiger partial charge in [0.1, 0.15) is 11.4 Å². The zero-order valence-corrected chi connectivity index (χ0v) is 13.5. The van der Waals surface area contributed by atoms with Crippen molar-refractivity contribution in [3.05, 3.63) is 58.0 Å². The first-order chi connectivity index (χ1) is 10.4. The lowest BCUT2D eigenvalue weighted by molar-refractivity contribution is -0.122. The Hall–Kier alpha value is -1.72. The van der Waals surface area contributed by atoms with Crippen molar-refractivity contribution in [1.29, 1.82) is 0 Å². The van der Waals surface area contributed by atoms with E-state index in [1.54, 1.807) is 19.1 Å². The first-order valence-electron chi connectivity index (χ1n) is 7.16. The summed E-state index contributed by atoms with van der Waals surface area (Å²) < 4.78 is 12.9. The van der Waals surface area contributed by atoms with Crippen molar-refractivity contribution in [2.75, 3.05) is 6.54 Å². The molecule has 3 nitrogen and oxygen atoms in total. The van der Waals surface area contributed by atoms with Gasteiger partial charge in [0, 0.05) is 6.42 Å². The summed E-state index contributed by atoms with van der Waals surface area (Å²) >= 11 is 1.51. The maximum Gasteiger partial charge on any atom is 0.220 e. The molecule has 0 aliphatic carbocycles. The van der Waals surface area contributed by atoms with Gasteiger partial charge < -0.3 is 10.4 Å². The SMILES string of the molecule is CC(CC(=O)NCC(C)(O)c1ccsc1)c1ccc(F)cc1. The van der Waals surface area contributed by atoms with Gasteiger partial charge in [-0.3, -0.25) is 4.79 Å². The van der Waals surface area contributed by atoms with Crippen LogP contribution in [0.2, 0.25) is 0 Å². The number of carbonyl (C=O) groups is 1. The van der Waals surface area contributed by atoms with E-state index in [9.17, 15) is 14.3 Å². The molecule has 1 amide bonds. The van der Waals surface area contributed by atoms with Crippen LogP contribution in [0.1, 0.15) is 37.3 Å². The Labute approximate surface area is 133 Å². The van der Waals surface area contributed by atoms with Crippen molar-refractivity contribution < 1.29 is 14.3 Å². The lowest BCUT2D eigenvalue weighted by Gasteiger charge is -2.23. The van der Waals surface area contributed by atoms with E-state index in [4.69, 9.17) is 0 Å². The third-order valence-corrected chi connectivity index (χ3v) is 4.39. The third-order valence-electron chi connectivity index (χ3n) is 3.70. The van der Waals surface area contributed by atoms with Gasteiger partial charge in [-0.05, 0) is 52.9 Å². The molecular weight excluding hydrogens is 301 g/mol. The molecule has 2 N–H and O–H groups in total. The molecule has 0 radical (unpaired) electrons. The summed E-state index contributed by atoms with van der Waals surface area (Å²) in [5.74, 6) is -0.425. The van der Waals surface area contributed by atoms with Gasteiger partial charge in [-0.25, -0.2) is 4.39 Å². The average molecular weight is 321 g/mol. The maximum absolute atomic E-state index is 12.9. The average Bonchev–Trinajstić information content (AvgIpc) is 3.01. The van der Waals surface area contributed by atoms with Crippen LogP contribution in [0.3, 0.4) is 0 Å². The van der Waals surface area contributed by atoms with Crippen molar-refractivity contribution in [3.63, 3.8) is 0 Å². The first kappa shape index (κ1) is 16.6. The lowest BCUT2D eigenvalue weighted by Crippen LogP contribution is -2.38. The molecule has 0 saturated carbocycles. The fourth-order valence-electron chi connectivity index (χ4n) is 2.20. The summed E-state index contributed by atoms with van der Waals surface area (Å²) in [7, 11) is 0. The van der Waals surface area contributed by atoms with Gasteiger partial charge in [0.15, 0.2) is 0 Å². The number of carbonyl (C=O) groups excluding carboxylic acids is 1. The molecule has 1 aromatic heterocycles. The van der Waals surface area contributed by atoms with E-state index in [1.165, 1.54) is 23.5 Å². The molecule has 2 unspecified atom stereocenters. The Morgan fingerprint density at radius 1 is 1.36 bits per heavy atom. The van der Waals surface area contributed by atoms with Gasteiger partial charge in [0.05, 0.1) is 6.54 Å². The highest BCUT2D eigenvalue weighted by Crippen LogP contribution is 2.23. The molecule has 0 bridgehead atoms. The second-order valence-corrected chi connectivity index (χ2v) is 6.50. The summed E-state index contributed by atoms with van der Waals surface area (Å²) in [4.78, 5) is 12.0. The largest absolute Gasteiger partial charge is 0.384 e. The summed E-state index contributed by atoms with van der Waals surface area (Å²) in [6, 6.07) is 8.01. The van der Waals surface area contributed by atoms with Crippen LogP contribution in [0.5, 0.6) is 0 Å². The summed E-state index contributed by atoms with van der Waals surface area (Å²) in [5.41, 5.74) is 0.639. The van der Waals surface area contributed by atoms with Gasteiger partial charge in [-0.15, -0.1) is 0 Å². The lowest BCUT2D eigenvalue weighted by atomic mass is 9.96. The molecule has 2 rings (SSSR count). The van der Waals surface area contributed by atoms with E-state index in [-0.39, 0.29) is 24.2 Å². The number of hydrogen-bond acceptors (Lipinski definition) is 3. The third kappa shape index (κ3) is 4.39. The zero-order valence-electron chi connectivity index (χ0n) is 12.7. The molecule has 0 saturated heterocycles. The molecule has 22 heavy (non-hydrogen) atoms. The normalized spacial score (nSPS) is 15.1. The van der Waals surface area contributed by atoms with Crippen molar-refractivity contribution >= 4 is 17.2 Å². The standard InChI is InChI=1S/C17H20FNO2S/c1-12(13-3-5-15(18)6-4-13)9-16(20)19-11-17(2,21)14-7-8-22-10-14/h3-8,10,12,21H,9,11H2,1-2H3,(H,19,20). The van der Waals surface area contributed by atoms with Crippen LogP contribution >= 0.6 is 11.3 Å². The molecule has 1 heterocycles. The fourth-order valence-corrected chi connectivity index (χ4v) is 2.99. The van der Waals surface area contributed by atoms with Crippen LogP contribution in [-0.4, -0.2) is 17.6 Å². The van der Waals surface area contributed by atoms with E-state index in [1.807, 2.05) is 23.8 Å². The molecule has 2 aromatic rings. The summed E-state index contributed by atoms with van der Waals surface area (Å²) in [6.07, 6.45) is 0.297. The molecular formula is C17H20FNO2S. The molecule has 0 aliphatic heterocycles. The maximum atomic E-state index is 12.9. The Morgan fingerprint density at radius 2 is 2.05 bits per heavy atom. The molecule has 5 heteroatoms. The molecule has 0 aliphatic rings. The van der Waals surface area contributed by atoms with Gasteiger partial charge in [-0.2, -0.15) is 11.3 Å². The first-order valence-corrected chi connectivity index (χ1v) is 8.10. The van der Waals surface area contributed by atoms with Crippen LogP contribution < -0.4 is 5.32 Å². The van der Waals surface area contributed by atoms with Crippen molar-refractivity contribution in [2.24, 2.45) is 0 Å². The van der Waals surface area contributed by atoms with Crippen LogP contribution in [0, 0.1) is 5.82 Å². The number of amides is 1. The second kappa shape index (κ2) is 7.03. The number of thiophene rings is 1. The van der Waals surface area contributed by atoms with E-state index < -0.39 is 5.60 Å². The fraction of sp³-hybridized carbons (Fsp3) is 0.353. The van der Waals surface area contributed by atoms with Crippen molar-refractivity contribution in [1.82, 2.24) is 5.32 Å². The smallest absolute Gasteiger partial charge is 0.220 e. The number of halogens is 1. The molecule has 0 spiro atoms. The number of hydrogen-bond donors (Lipinski definition) is 2. The Bertz CT molecular complexity index is 608. The van der Waals surface area contributed by atoms with E-state index >= 15 is 0 Å².